The van der Waals surface area contributed by atoms with E-state index in [-0.39, 0.29) is 4.90 Å². The summed E-state index contributed by atoms with van der Waals surface area (Å²) in [6.45, 7) is 7.37. The number of rotatable bonds is 6. The second-order valence-corrected chi connectivity index (χ2v) is 7.60. The van der Waals surface area contributed by atoms with E-state index in [4.69, 9.17) is 4.52 Å². The molecule has 0 saturated heterocycles. The van der Waals surface area contributed by atoms with E-state index in [9.17, 15) is 8.42 Å². The molecule has 2 aromatic carbocycles. The van der Waals surface area contributed by atoms with Crippen molar-refractivity contribution in [1.29, 1.82) is 0 Å². The lowest BCUT2D eigenvalue weighted by Crippen LogP contribution is -2.22. The first-order valence-corrected chi connectivity index (χ1v) is 9.73. The topological polar surface area (TPSA) is 72.2 Å². The Bertz CT molecular complexity index is 1020. The Kier molecular flexibility index (Phi) is 4.95. The summed E-state index contributed by atoms with van der Waals surface area (Å²) < 4.78 is 32.6. The zero-order valence-corrected chi connectivity index (χ0v) is 15.5. The summed E-state index contributed by atoms with van der Waals surface area (Å²) in [4.78, 5) is 0.186. The Morgan fingerprint density at radius 3 is 2.35 bits per heavy atom. The number of aryl methyl sites for hydroxylation is 1. The predicted octanol–water partition coefficient (Wildman–Crippen LogP) is 4.52. The van der Waals surface area contributed by atoms with E-state index in [1.165, 1.54) is 0 Å². The van der Waals surface area contributed by atoms with Gasteiger partial charge in [-0.1, -0.05) is 61.1 Å². The van der Waals surface area contributed by atoms with E-state index < -0.39 is 10.0 Å². The molecule has 0 aliphatic rings. The monoisotopic (exact) mass is 368 g/mol. The van der Waals surface area contributed by atoms with Crippen LogP contribution in [-0.2, 0) is 10.0 Å². The van der Waals surface area contributed by atoms with Gasteiger partial charge in [-0.15, -0.1) is 0 Å². The van der Waals surface area contributed by atoms with Crippen molar-refractivity contribution in [1.82, 2.24) is 9.88 Å². The molecule has 1 heterocycles. The van der Waals surface area contributed by atoms with Gasteiger partial charge in [-0.25, -0.2) is 8.42 Å². The van der Waals surface area contributed by atoms with Crippen molar-refractivity contribution < 1.29 is 12.9 Å². The van der Waals surface area contributed by atoms with Gasteiger partial charge in [0.1, 0.15) is 11.5 Å². The van der Waals surface area contributed by atoms with Crippen LogP contribution in [0.25, 0.3) is 22.4 Å². The number of benzene rings is 2. The number of allylic oxidation sites excluding steroid dienone is 1. The third-order valence-corrected chi connectivity index (χ3v) is 5.52. The molecule has 3 rings (SSSR count). The maximum Gasteiger partial charge on any atom is 0.261 e. The van der Waals surface area contributed by atoms with Crippen LogP contribution in [0.2, 0.25) is 0 Å². The van der Waals surface area contributed by atoms with Crippen LogP contribution < -0.4 is 4.72 Å². The van der Waals surface area contributed by atoms with Crippen molar-refractivity contribution in [3.05, 3.63) is 72.6 Å². The van der Waals surface area contributed by atoms with Gasteiger partial charge in [0, 0.05) is 11.3 Å². The highest BCUT2D eigenvalue weighted by Gasteiger charge is 2.18. The molecule has 0 aliphatic carbocycles. The minimum atomic E-state index is -3.62. The third-order valence-electron chi connectivity index (χ3n) is 4.07. The zero-order chi connectivity index (χ0) is 18.7. The number of hydrogen-bond acceptors (Lipinski definition) is 4. The van der Waals surface area contributed by atoms with Crippen molar-refractivity contribution >= 4 is 10.0 Å². The summed E-state index contributed by atoms with van der Waals surface area (Å²) in [6.07, 6.45) is 0.539. The van der Waals surface area contributed by atoms with Crippen LogP contribution in [0.3, 0.4) is 0 Å². The van der Waals surface area contributed by atoms with Gasteiger partial charge in [-0.05, 0) is 31.0 Å². The number of sulfonamides is 1. The van der Waals surface area contributed by atoms with Crippen molar-refractivity contribution in [3.63, 3.8) is 0 Å². The highest BCUT2D eigenvalue weighted by atomic mass is 32.2. The maximum absolute atomic E-state index is 12.4. The number of nitrogens with one attached hydrogen (secondary N) is 1. The lowest BCUT2D eigenvalue weighted by molar-refractivity contribution is 0.400. The lowest BCUT2D eigenvalue weighted by Gasteiger charge is -2.10. The highest BCUT2D eigenvalue weighted by Crippen LogP contribution is 2.34. The zero-order valence-electron chi connectivity index (χ0n) is 14.7. The summed E-state index contributed by atoms with van der Waals surface area (Å²) in [5, 5.41) is 4.17. The molecule has 0 aliphatic heterocycles. The second kappa shape index (κ2) is 7.17. The van der Waals surface area contributed by atoms with Crippen molar-refractivity contribution in [3.8, 4) is 22.4 Å². The Hall–Kier alpha value is -2.86. The fourth-order valence-corrected chi connectivity index (χ4v) is 3.76. The van der Waals surface area contributed by atoms with Crippen LogP contribution in [-0.4, -0.2) is 13.6 Å². The van der Waals surface area contributed by atoms with Crippen molar-refractivity contribution in [2.24, 2.45) is 0 Å². The first kappa shape index (κ1) is 17.9. The average molecular weight is 368 g/mol. The number of aromatic nitrogens is 1. The minimum Gasteiger partial charge on any atom is -0.360 e. The molecule has 0 saturated carbocycles. The summed E-state index contributed by atoms with van der Waals surface area (Å²) in [5.74, 6) is 0.678. The molecule has 1 aromatic heterocycles. The van der Waals surface area contributed by atoms with Crippen LogP contribution in [0.15, 0.2) is 76.3 Å². The molecule has 5 nitrogen and oxygen atoms in total. The molecule has 26 heavy (non-hydrogen) atoms. The summed E-state index contributed by atoms with van der Waals surface area (Å²) >= 11 is 0. The molecule has 0 radical (unpaired) electrons. The second-order valence-electron chi connectivity index (χ2n) is 5.92. The fraction of sp³-hybridized carbons (Fsp3) is 0.150. The Morgan fingerprint density at radius 2 is 1.73 bits per heavy atom. The van der Waals surface area contributed by atoms with Gasteiger partial charge in [-0.3, -0.25) is 4.72 Å². The summed E-state index contributed by atoms with van der Waals surface area (Å²) in [6, 6.07) is 16.4. The van der Waals surface area contributed by atoms with E-state index >= 15 is 0 Å². The van der Waals surface area contributed by atoms with Crippen LogP contribution in [0.4, 0.5) is 0 Å². The minimum absolute atomic E-state index is 0.186. The number of nitrogens with zero attached hydrogens (tertiary/aromatic N) is 1. The first-order valence-electron chi connectivity index (χ1n) is 8.25. The third kappa shape index (κ3) is 3.55. The van der Waals surface area contributed by atoms with Crippen molar-refractivity contribution in [2.45, 2.75) is 25.2 Å². The van der Waals surface area contributed by atoms with Gasteiger partial charge >= 0.3 is 0 Å². The normalized spacial score (nSPS) is 11.3. The van der Waals surface area contributed by atoms with E-state index in [1.807, 2.05) is 44.2 Å². The van der Waals surface area contributed by atoms with E-state index in [2.05, 4.69) is 16.5 Å². The maximum atomic E-state index is 12.4. The van der Waals surface area contributed by atoms with Gasteiger partial charge < -0.3 is 4.52 Å². The molecular weight excluding hydrogens is 348 g/mol. The standard InChI is InChI=1S/C20H20N2O3S/c1-4-14(2)22-26(23,24)18-12-10-16(11-13-18)19-15(3)25-21-20(19)17-8-6-5-7-9-17/h5-13,22H,2,4H2,1,3H3. The molecule has 0 spiro atoms. The van der Waals surface area contributed by atoms with E-state index in [1.54, 1.807) is 24.3 Å². The molecule has 0 atom stereocenters. The Balaban J connectivity index is 1.98. The molecule has 6 heteroatoms. The fourth-order valence-electron chi connectivity index (χ4n) is 2.63. The van der Waals surface area contributed by atoms with Gasteiger partial charge in [0.15, 0.2) is 0 Å². The quantitative estimate of drug-likeness (QED) is 0.694. The Labute approximate surface area is 153 Å². The largest absolute Gasteiger partial charge is 0.360 e. The van der Waals surface area contributed by atoms with Gasteiger partial charge in [0.05, 0.1) is 10.5 Å². The molecule has 0 unspecified atom stereocenters. The van der Waals surface area contributed by atoms with Crippen LogP contribution in [0.1, 0.15) is 19.1 Å². The SMILES string of the molecule is C=C(CC)NS(=O)(=O)c1ccc(-c2c(-c3ccccc3)noc2C)cc1. The van der Waals surface area contributed by atoms with Gasteiger partial charge in [0.25, 0.3) is 10.0 Å². The number of hydrogen-bond donors (Lipinski definition) is 1. The molecule has 0 fully saturated rings. The molecule has 0 bridgehead atoms. The van der Waals surface area contributed by atoms with Crippen LogP contribution in [0, 0.1) is 6.92 Å². The smallest absolute Gasteiger partial charge is 0.261 e. The molecular formula is C20H20N2O3S. The molecule has 1 N–H and O–H groups in total. The summed E-state index contributed by atoms with van der Waals surface area (Å²) in [5.41, 5.74) is 3.82. The van der Waals surface area contributed by atoms with E-state index in [0.717, 1.165) is 22.4 Å². The Morgan fingerprint density at radius 1 is 1.08 bits per heavy atom. The van der Waals surface area contributed by atoms with Gasteiger partial charge in [0.2, 0.25) is 0 Å². The molecule has 3 aromatic rings. The summed E-state index contributed by atoms with van der Waals surface area (Å²) in [7, 11) is -3.62. The predicted molar refractivity (Wildman–Crippen MR) is 102 cm³/mol. The van der Waals surface area contributed by atoms with Crippen LogP contribution in [0.5, 0.6) is 0 Å². The van der Waals surface area contributed by atoms with Crippen LogP contribution >= 0.6 is 0 Å². The molecule has 134 valence electrons. The average Bonchev–Trinajstić information content (AvgIpc) is 3.03. The first-order chi connectivity index (χ1) is 12.4. The van der Waals surface area contributed by atoms with Crippen molar-refractivity contribution in [2.75, 3.05) is 0 Å². The highest BCUT2D eigenvalue weighted by molar-refractivity contribution is 7.89. The van der Waals surface area contributed by atoms with E-state index in [0.29, 0.717) is 17.9 Å². The van der Waals surface area contributed by atoms with Gasteiger partial charge in [-0.2, -0.15) is 0 Å². The molecule has 0 amide bonds. The lowest BCUT2D eigenvalue weighted by atomic mass is 10.00.